The van der Waals surface area contributed by atoms with Gasteiger partial charge in [-0.3, -0.25) is 4.79 Å². The monoisotopic (exact) mass is 209 g/mol. The summed E-state index contributed by atoms with van der Waals surface area (Å²) in [4.78, 5) is 21.2. The molecular formula is C10H11NO4. The lowest BCUT2D eigenvalue weighted by atomic mass is 10.1. The number of nitrogen functional groups attached to an aromatic ring is 1. The number of carboxylic acid groups (broad SMARTS) is 1. The molecule has 0 unspecified atom stereocenters. The summed E-state index contributed by atoms with van der Waals surface area (Å²) < 4.78 is 4.47. The highest BCUT2D eigenvalue weighted by Crippen LogP contribution is 2.11. The molecule has 0 heterocycles. The molecule has 1 aromatic carbocycles. The number of aliphatic carboxylic acids is 1. The SMILES string of the molecule is Nc1ccccc1CC(=O)OCC(=O)O. The standard InChI is InChI=1S/C10H11NO4/c11-8-4-2-1-3-7(8)5-10(14)15-6-9(12)13/h1-4H,5-6,11H2,(H,12,13). The quantitative estimate of drug-likeness (QED) is 0.554. The van der Waals surface area contributed by atoms with Gasteiger partial charge in [0.2, 0.25) is 0 Å². The maximum atomic E-state index is 11.1. The molecule has 0 radical (unpaired) electrons. The first-order valence-electron chi connectivity index (χ1n) is 4.30. The van der Waals surface area contributed by atoms with Crippen LogP contribution >= 0.6 is 0 Å². The number of para-hydroxylation sites is 1. The van der Waals surface area contributed by atoms with Crippen LogP contribution in [0, 0.1) is 0 Å². The molecule has 15 heavy (non-hydrogen) atoms. The van der Waals surface area contributed by atoms with E-state index in [4.69, 9.17) is 10.8 Å². The molecule has 0 saturated carbocycles. The van der Waals surface area contributed by atoms with Crippen LogP contribution in [0.25, 0.3) is 0 Å². The van der Waals surface area contributed by atoms with E-state index in [0.717, 1.165) is 0 Å². The van der Waals surface area contributed by atoms with E-state index in [1.807, 2.05) is 0 Å². The number of hydrogen-bond donors (Lipinski definition) is 2. The van der Waals surface area contributed by atoms with Crippen LogP contribution in [0.2, 0.25) is 0 Å². The van der Waals surface area contributed by atoms with Crippen LogP contribution in [0.15, 0.2) is 24.3 Å². The number of hydrogen-bond acceptors (Lipinski definition) is 4. The maximum Gasteiger partial charge on any atom is 0.341 e. The fourth-order valence-electron chi connectivity index (χ4n) is 1.04. The summed E-state index contributed by atoms with van der Waals surface area (Å²) in [6, 6.07) is 6.86. The molecule has 0 fully saturated rings. The Kier molecular flexibility index (Phi) is 3.68. The Hall–Kier alpha value is -2.04. The zero-order valence-electron chi connectivity index (χ0n) is 7.97. The van der Waals surface area contributed by atoms with Crippen molar-refractivity contribution in [1.82, 2.24) is 0 Å². The van der Waals surface area contributed by atoms with E-state index in [9.17, 15) is 9.59 Å². The molecule has 0 aliphatic heterocycles. The van der Waals surface area contributed by atoms with Gasteiger partial charge in [-0.2, -0.15) is 0 Å². The molecule has 80 valence electrons. The molecule has 0 aromatic heterocycles. The van der Waals surface area contributed by atoms with Gasteiger partial charge in [0, 0.05) is 5.69 Å². The van der Waals surface area contributed by atoms with E-state index in [-0.39, 0.29) is 6.42 Å². The third-order valence-electron chi connectivity index (χ3n) is 1.75. The fraction of sp³-hybridized carbons (Fsp3) is 0.200. The van der Waals surface area contributed by atoms with Crippen LogP contribution in [-0.2, 0) is 20.7 Å². The van der Waals surface area contributed by atoms with E-state index < -0.39 is 18.5 Å². The summed E-state index contributed by atoms with van der Waals surface area (Å²) in [5.41, 5.74) is 6.72. The van der Waals surface area contributed by atoms with Crippen LogP contribution in [0.5, 0.6) is 0 Å². The van der Waals surface area contributed by atoms with E-state index in [1.165, 1.54) is 0 Å². The molecule has 5 heteroatoms. The van der Waals surface area contributed by atoms with Crippen molar-refractivity contribution in [3.63, 3.8) is 0 Å². The average molecular weight is 209 g/mol. The Morgan fingerprint density at radius 2 is 2.00 bits per heavy atom. The summed E-state index contributed by atoms with van der Waals surface area (Å²) in [7, 11) is 0. The molecular weight excluding hydrogens is 198 g/mol. The molecule has 1 aromatic rings. The number of nitrogens with two attached hydrogens (primary N) is 1. The lowest BCUT2D eigenvalue weighted by Crippen LogP contribution is -2.15. The molecule has 3 N–H and O–H groups in total. The van der Waals surface area contributed by atoms with Crippen molar-refractivity contribution in [3.8, 4) is 0 Å². The van der Waals surface area contributed by atoms with Crippen LogP contribution in [0.3, 0.4) is 0 Å². The number of anilines is 1. The number of benzene rings is 1. The number of carbonyl (C=O) groups excluding carboxylic acids is 1. The van der Waals surface area contributed by atoms with Crippen molar-refractivity contribution in [1.29, 1.82) is 0 Å². The Balaban J connectivity index is 2.52. The van der Waals surface area contributed by atoms with Crippen molar-refractivity contribution >= 4 is 17.6 Å². The van der Waals surface area contributed by atoms with Crippen LogP contribution in [-0.4, -0.2) is 23.7 Å². The summed E-state index contributed by atoms with van der Waals surface area (Å²) in [6.07, 6.45) is -0.0139. The summed E-state index contributed by atoms with van der Waals surface area (Å²) in [5.74, 6) is -1.78. The van der Waals surface area contributed by atoms with Gasteiger partial charge < -0.3 is 15.6 Å². The minimum atomic E-state index is -1.18. The van der Waals surface area contributed by atoms with Crippen molar-refractivity contribution in [2.24, 2.45) is 0 Å². The zero-order chi connectivity index (χ0) is 11.3. The minimum Gasteiger partial charge on any atom is -0.479 e. The molecule has 0 spiro atoms. The summed E-state index contributed by atoms with van der Waals surface area (Å²) in [5, 5.41) is 8.28. The van der Waals surface area contributed by atoms with Crippen LogP contribution in [0.1, 0.15) is 5.56 Å². The molecule has 1 rings (SSSR count). The Bertz CT molecular complexity index is 375. The third-order valence-corrected chi connectivity index (χ3v) is 1.75. The van der Waals surface area contributed by atoms with Gasteiger partial charge in [0.05, 0.1) is 6.42 Å². The van der Waals surface area contributed by atoms with Crippen LogP contribution < -0.4 is 5.73 Å². The van der Waals surface area contributed by atoms with Gasteiger partial charge in [0.1, 0.15) is 0 Å². The first kappa shape index (κ1) is 11.0. The largest absolute Gasteiger partial charge is 0.479 e. The normalized spacial score (nSPS) is 9.60. The summed E-state index contributed by atoms with van der Waals surface area (Å²) >= 11 is 0. The number of carbonyl (C=O) groups is 2. The predicted octanol–water partition coefficient (Wildman–Crippen LogP) is 0.439. The molecule has 0 atom stereocenters. The number of esters is 1. The lowest BCUT2D eigenvalue weighted by Gasteiger charge is -2.04. The van der Waals surface area contributed by atoms with Gasteiger partial charge in [0.15, 0.2) is 6.61 Å². The number of rotatable bonds is 4. The molecule has 0 aliphatic carbocycles. The average Bonchev–Trinajstić information content (AvgIpc) is 2.18. The number of carboxylic acids is 1. The minimum absolute atomic E-state index is 0.0139. The molecule has 0 amide bonds. The van der Waals surface area contributed by atoms with E-state index in [1.54, 1.807) is 24.3 Å². The fourth-order valence-corrected chi connectivity index (χ4v) is 1.04. The summed E-state index contributed by atoms with van der Waals surface area (Å²) in [6.45, 7) is -0.619. The first-order chi connectivity index (χ1) is 7.09. The van der Waals surface area contributed by atoms with Gasteiger partial charge in [-0.1, -0.05) is 18.2 Å². The van der Waals surface area contributed by atoms with E-state index in [0.29, 0.717) is 11.3 Å². The topological polar surface area (TPSA) is 89.6 Å². The Labute approximate surface area is 86.5 Å². The zero-order valence-corrected chi connectivity index (χ0v) is 7.97. The Morgan fingerprint density at radius 1 is 1.33 bits per heavy atom. The van der Waals surface area contributed by atoms with Crippen molar-refractivity contribution in [2.75, 3.05) is 12.3 Å². The first-order valence-corrected chi connectivity index (χ1v) is 4.30. The van der Waals surface area contributed by atoms with E-state index >= 15 is 0 Å². The van der Waals surface area contributed by atoms with E-state index in [2.05, 4.69) is 4.74 Å². The second-order valence-electron chi connectivity index (χ2n) is 2.93. The Morgan fingerprint density at radius 3 is 2.60 bits per heavy atom. The molecule has 0 saturated heterocycles. The smallest absolute Gasteiger partial charge is 0.341 e. The molecule has 0 aliphatic rings. The van der Waals surface area contributed by atoms with Crippen molar-refractivity contribution < 1.29 is 19.4 Å². The second-order valence-corrected chi connectivity index (χ2v) is 2.93. The third kappa shape index (κ3) is 3.68. The highest BCUT2D eigenvalue weighted by Gasteiger charge is 2.08. The highest BCUT2D eigenvalue weighted by atomic mass is 16.5. The molecule has 5 nitrogen and oxygen atoms in total. The van der Waals surface area contributed by atoms with Gasteiger partial charge in [0.25, 0.3) is 0 Å². The number of ether oxygens (including phenoxy) is 1. The van der Waals surface area contributed by atoms with Gasteiger partial charge >= 0.3 is 11.9 Å². The molecule has 0 bridgehead atoms. The van der Waals surface area contributed by atoms with Crippen LogP contribution in [0.4, 0.5) is 5.69 Å². The highest BCUT2D eigenvalue weighted by molar-refractivity contribution is 5.78. The van der Waals surface area contributed by atoms with Gasteiger partial charge in [-0.25, -0.2) is 4.79 Å². The maximum absolute atomic E-state index is 11.1. The van der Waals surface area contributed by atoms with Gasteiger partial charge in [-0.15, -0.1) is 0 Å². The predicted molar refractivity (Wildman–Crippen MR) is 53.2 cm³/mol. The van der Waals surface area contributed by atoms with Crippen molar-refractivity contribution in [3.05, 3.63) is 29.8 Å². The lowest BCUT2D eigenvalue weighted by molar-refractivity contribution is -0.154. The van der Waals surface area contributed by atoms with Crippen molar-refractivity contribution in [2.45, 2.75) is 6.42 Å². The van der Waals surface area contributed by atoms with Gasteiger partial charge in [-0.05, 0) is 11.6 Å². The second kappa shape index (κ2) is 4.99.